The summed E-state index contributed by atoms with van der Waals surface area (Å²) in [6.45, 7) is -0.352. The molecular weight excluding hydrogens is 321 g/mol. The lowest BCUT2D eigenvalue weighted by Crippen LogP contribution is -2.02. The van der Waals surface area contributed by atoms with Crippen LogP contribution < -0.4 is 4.74 Å². The van der Waals surface area contributed by atoms with Crippen LogP contribution in [-0.4, -0.2) is 12.3 Å². The van der Waals surface area contributed by atoms with Crippen molar-refractivity contribution in [3.63, 3.8) is 0 Å². The summed E-state index contributed by atoms with van der Waals surface area (Å²) >= 11 is 0. The molecular formula is C20H14FNO3. The van der Waals surface area contributed by atoms with Gasteiger partial charge in [-0.05, 0) is 47.5 Å². The molecule has 0 spiro atoms. The summed E-state index contributed by atoms with van der Waals surface area (Å²) < 4.78 is 18.5. The van der Waals surface area contributed by atoms with E-state index in [2.05, 4.69) is 5.18 Å². The zero-order valence-corrected chi connectivity index (χ0v) is 13.2. The highest BCUT2D eigenvalue weighted by atomic mass is 19.1. The Morgan fingerprint density at radius 2 is 1.28 bits per heavy atom. The van der Waals surface area contributed by atoms with Gasteiger partial charge in [0.05, 0.1) is 0 Å². The molecule has 5 heteroatoms. The quantitative estimate of drug-likeness (QED) is 0.457. The van der Waals surface area contributed by atoms with E-state index in [-0.39, 0.29) is 18.1 Å². The van der Waals surface area contributed by atoms with E-state index in [0.717, 1.165) is 11.1 Å². The standard InChI is InChI=1S/C20H14FNO3/c21-17-7-11-19(12-8-17)25-18-9-5-15(6-10-18)14-1-3-16(4-2-14)20(23)13-22-24/h1-12H,13H2. The summed E-state index contributed by atoms with van der Waals surface area (Å²) in [6, 6.07) is 20.2. The van der Waals surface area contributed by atoms with Gasteiger partial charge in [-0.15, -0.1) is 0 Å². The third kappa shape index (κ3) is 4.14. The molecule has 0 aliphatic rings. The van der Waals surface area contributed by atoms with Gasteiger partial charge in [-0.1, -0.05) is 41.6 Å². The van der Waals surface area contributed by atoms with Crippen LogP contribution in [0.1, 0.15) is 10.4 Å². The number of carbonyl (C=O) groups is 1. The van der Waals surface area contributed by atoms with E-state index in [9.17, 15) is 14.1 Å². The van der Waals surface area contributed by atoms with Crippen LogP contribution in [0.4, 0.5) is 4.39 Å². The van der Waals surface area contributed by atoms with Crippen molar-refractivity contribution >= 4 is 5.78 Å². The number of ether oxygens (including phenoxy) is 1. The molecule has 0 radical (unpaired) electrons. The van der Waals surface area contributed by atoms with Crippen molar-refractivity contribution in [3.05, 3.63) is 89.1 Å². The maximum absolute atomic E-state index is 12.9. The van der Waals surface area contributed by atoms with Gasteiger partial charge in [0.1, 0.15) is 23.9 Å². The van der Waals surface area contributed by atoms with Crippen molar-refractivity contribution in [2.75, 3.05) is 6.54 Å². The number of hydrogen-bond acceptors (Lipinski definition) is 4. The van der Waals surface area contributed by atoms with E-state index >= 15 is 0 Å². The fourth-order valence-electron chi connectivity index (χ4n) is 2.35. The highest BCUT2D eigenvalue weighted by Crippen LogP contribution is 2.26. The lowest BCUT2D eigenvalue weighted by atomic mass is 10.0. The first-order chi connectivity index (χ1) is 12.2. The Bertz CT molecular complexity index is 872. The van der Waals surface area contributed by atoms with Crippen molar-refractivity contribution in [2.24, 2.45) is 5.18 Å². The molecule has 0 heterocycles. The van der Waals surface area contributed by atoms with Crippen molar-refractivity contribution in [1.82, 2.24) is 0 Å². The second-order valence-electron chi connectivity index (χ2n) is 5.37. The van der Waals surface area contributed by atoms with Crippen LogP contribution in [0.2, 0.25) is 0 Å². The van der Waals surface area contributed by atoms with Gasteiger partial charge in [-0.3, -0.25) is 4.79 Å². The summed E-state index contributed by atoms with van der Waals surface area (Å²) in [5.41, 5.74) is 2.35. The van der Waals surface area contributed by atoms with Gasteiger partial charge in [-0.25, -0.2) is 4.39 Å². The Balaban J connectivity index is 1.72. The zero-order chi connectivity index (χ0) is 17.6. The van der Waals surface area contributed by atoms with Crippen LogP contribution in [0.25, 0.3) is 11.1 Å². The Kier molecular flexibility index (Phi) is 4.95. The number of rotatable bonds is 6. The molecule has 0 N–H and O–H groups in total. The first-order valence-electron chi connectivity index (χ1n) is 7.62. The smallest absolute Gasteiger partial charge is 0.187 e. The number of halogens is 1. The fraction of sp³-hybridized carbons (Fsp3) is 0.0500. The molecule has 0 bridgehead atoms. The Hall–Kier alpha value is -3.34. The number of nitrogens with zero attached hydrogens (tertiary/aromatic N) is 1. The van der Waals surface area contributed by atoms with Crippen molar-refractivity contribution < 1.29 is 13.9 Å². The maximum Gasteiger partial charge on any atom is 0.187 e. The van der Waals surface area contributed by atoms with Crippen LogP contribution in [0.15, 0.2) is 78.0 Å². The number of Topliss-reactive ketones (excluding diaryl/α,β-unsaturated/α-hetero) is 1. The largest absolute Gasteiger partial charge is 0.457 e. The average Bonchev–Trinajstić information content (AvgIpc) is 2.65. The average molecular weight is 335 g/mol. The van der Waals surface area contributed by atoms with Crippen LogP contribution in [0.3, 0.4) is 0 Å². The minimum atomic E-state index is -0.352. The normalized spacial score (nSPS) is 10.3. The topological polar surface area (TPSA) is 55.7 Å². The minimum Gasteiger partial charge on any atom is -0.457 e. The highest BCUT2D eigenvalue weighted by Gasteiger charge is 2.06. The zero-order valence-electron chi connectivity index (χ0n) is 13.2. The lowest BCUT2D eigenvalue weighted by Gasteiger charge is -2.07. The molecule has 3 rings (SSSR count). The molecule has 3 aromatic carbocycles. The summed E-state index contributed by atoms with van der Waals surface area (Å²) in [6.07, 6.45) is 0. The molecule has 0 unspecified atom stereocenters. The third-order valence-corrected chi connectivity index (χ3v) is 3.65. The number of ketones is 1. The van der Waals surface area contributed by atoms with Crippen molar-refractivity contribution in [1.29, 1.82) is 0 Å². The minimum absolute atomic E-state index is 0.301. The lowest BCUT2D eigenvalue weighted by molar-refractivity contribution is 0.100. The van der Waals surface area contributed by atoms with Gasteiger partial charge in [-0.2, -0.15) is 4.91 Å². The summed E-state index contributed by atoms with van der Waals surface area (Å²) in [5.74, 6) is 0.582. The molecule has 0 fully saturated rings. The van der Waals surface area contributed by atoms with Gasteiger partial charge in [0.15, 0.2) is 5.78 Å². The predicted molar refractivity (Wildman–Crippen MR) is 93.3 cm³/mol. The third-order valence-electron chi connectivity index (χ3n) is 3.65. The molecule has 3 aromatic rings. The first kappa shape index (κ1) is 16.5. The molecule has 124 valence electrons. The van der Waals surface area contributed by atoms with E-state index in [1.54, 1.807) is 24.3 Å². The Labute approximate surface area is 143 Å². The molecule has 0 aliphatic heterocycles. The van der Waals surface area contributed by atoms with Gasteiger partial charge >= 0.3 is 0 Å². The van der Waals surface area contributed by atoms with Gasteiger partial charge in [0.25, 0.3) is 0 Å². The van der Waals surface area contributed by atoms with Crippen LogP contribution >= 0.6 is 0 Å². The summed E-state index contributed by atoms with van der Waals surface area (Å²) in [7, 11) is 0. The van der Waals surface area contributed by atoms with Crippen LogP contribution in [0, 0.1) is 10.7 Å². The first-order valence-corrected chi connectivity index (χ1v) is 7.62. The van der Waals surface area contributed by atoms with Crippen molar-refractivity contribution in [3.8, 4) is 22.6 Å². The second kappa shape index (κ2) is 7.49. The second-order valence-corrected chi connectivity index (χ2v) is 5.37. The Morgan fingerprint density at radius 1 is 0.800 bits per heavy atom. The summed E-state index contributed by atoms with van der Waals surface area (Å²) in [5, 5.41) is 2.61. The molecule has 0 aliphatic carbocycles. The Morgan fingerprint density at radius 3 is 1.80 bits per heavy atom. The van der Waals surface area contributed by atoms with Crippen molar-refractivity contribution in [2.45, 2.75) is 0 Å². The van der Waals surface area contributed by atoms with E-state index in [1.807, 2.05) is 36.4 Å². The van der Waals surface area contributed by atoms with Crippen LogP contribution in [-0.2, 0) is 0 Å². The molecule has 0 aromatic heterocycles. The molecule has 0 saturated heterocycles. The molecule has 0 amide bonds. The van der Waals surface area contributed by atoms with Gasteiger partial charge in [0.2, 0.25) is 0 Å². The van der Waals surface area contributed by atoms with E-state index in [4.69, 9.17) is 4.74 Å². The number of nitroso groups, excluding NO2 is 1. The SMILES string of the molecule is O=NCC(=O)c1ccc(-c2ccc(Oc3ccc(F)cc3)cc2)cc1. The summed E-state index contributed by atoms with van der Waals surface area (Å²) in [4.78, 5) is 21.8. The maximum atomic E-state index is 12.9. The number of benzene rings is 3. The van der Waals surface area contributed by atoms with E-state index in [1.165, 1.54) is 12.1 Å². The molecule has 4 nitrogen and oxygen atoms in total. The van der Waals surface area contributed by atoms with E-state index in [0.29, 0.717) is 17.1 Å². The molecule has 0 saturated carbocycles. The van der Waals surface area contributed by atoms with E-state index < -0.39 is 0 Å². The fourth-order valence-corrected chi connectivity index (χ4v) is 2.35. The van der Waals surface area contributed by atoms with Gasteiger partial charge in [0, 0.05) is 5.56 Å². The van der Waals surface area contributed by atoms with Gasteiger partial charge < -0.3 is 4.74 Å². The number of carbonyl (C=O) groups excluding carboxylic acids is 1. The highest BCUT2D eigenvalue weighted by molar-refractivity contribution is 5.98. The van der Waals surface area contributed by atoms with Crippen LogP contribution in [0.5, 0.6) is 11.5 Å². The monoisotopic (exact) mass is 335 g/mol. The predicted octanol–water partition coefficient (Wildman–Crippen LogP) is 5.23. The number of hydrogen-bond donors (Lipinski definition) is 0. The molecule has 0 atom stereocenters. The molecule has 25 heavy (non-hydrogen) atoms.